The van der Waals surface area contributed by atoms with E-state index in [1.165, 1.54) is 6.20 Å². The molecule has 0 amide bonds. The first kappa shape index (κ1) is 17.2. The van der Waals surface area contributed by atoms with Crippen LogP contribution in [0.2, 0.25) is 0 Å². The SMILES string of the molecule is CC(C)OCCCCNc1ncc(Br)cc1C(F)(F)F. The number of aromatic nitrogens is 1. The van der Waals surface area contributed by atoms with Crippen LogP contribution in [0.5, 0.6) is 0 Å². The topological polar surface area (TPSA) is 34.1 Å². The number of pyridine rings is 1. The van der Waals surface area contributed by atoms with Crippen molar-refractivity contribution < 1.29 is 17.9 Å². The third-order valence-corrected chi connectivity index (χ3v) is 2.91. The second-order valence-corrected chi connectivity index (χ2v) is 5.52. The van der Waals surface area contributed by atoms with Crippen LogP contribution in [0.4, 0.5) is 19.0 Å². The van der Waals surface area contributed by atoms with Gasteiger partial charge in [-0.05, 0) is 48.7 Å². The molecule has 0 unspecified atom stereocenters. The zero-order chi connectivity index (χ0) is 15.2. The van der Waals surface area contributed by atoms with Crippen molar-refractivity contribution in [2.45, 2.75) is 39.0 Å². The van der Waals surface area contributed by atoms with Crippen LogP contribution in [0, 0.1) is 0 Å². The molecule has 1 N–H and O–H groups in total. The summed E-state index contributed by atoms with van der Waals surface area (Å²) in [5.74, 6) is -0.134. The molecule has 0 saturated heterocycles. The van der Waals surface area contributed by atoms with Crippen LogP contribution in [0.3, 0.4) is 0 Å². The van der Waals surface area contributed by atoms with Crippen molar-refractivity contribution in [1.82, 2.24) is 4.98 Å². The summed E-state index contributed by atoms with van der Waals surface area (Å²) >= 11 is 3.00. The average molecular weight is 355 g/mol. The number of anilines is 1. The molecule has 0 aliphatic carbocycles. The summed E-state index contributed by atoms with van der Waals surface area (Å²) < 4.78 is 44.1. The fraction of sp³-hybridized carbons (Fsp3) is 0.615. The smallest absolute Gasteiger partial charge is 0.379 e. The number of halogens is 4. The second-order valence-electron chi connectivity index (χ2n) is 4.60. The first-order valence-corrected chi connectivity index (χ1v) is 7.18. The van der Waals surface area contributed by atoms with Gasteiger partial charge in [0.05, 0.1) is 11.7 Å². The molecular weight excluding hydrogens is 337 g/mol. The number of nitrogens with zero attached hydrogens (tertiary/aromatic N) is 1. The minimum atomic E-state index is -4.42. The maximum atomic E-state index is 12.8. The summed E-state index contributed by atoms with van der Waals surface area (Å²) in [7, 11) is 0. The molecule has 20 heavy (non-hydrogen) atoms. The number of rotatable bonds is 7. The third-order valence-electron chi connectivity index (χ3n) is 2.47. The highest BCUT2D eigenvalue weighted by atomic mass is 79.9. The molecule has 0 aliphatic heterocycles. The minimum absolute atomic E-state index is 0.134. The van der Waals surface area contributed by atoms with Crippen LogP contribution < -0.4 is 5.32 Å². The predicted molar refractivity (Wildman–Crippen MR) is 75.8 cm³/mol. The Bertz CT molecular complexity index is 425. The molecule has 0 bridgehead atoms. The van der Waals surface area contributed by atoms with Gasteiger partial charge in [-0.2, -0.15) is 13.2 Å². The standard InChI is InChI=1S/C13H18BrF3N2O/c1-9(2)20-6-4-3-5-18-12-11(13(15,16)17)7-10(14)8-19-12/h7-9H,3-6H2,1-2H3,(H,18,19). The summed E-state index contributed by atoms with van der Waals surface area (Å²) in [4.78, 5) is 3.78. The Morgan fingerprint density at radius 2 is 2.05 bits per heavy atom. The Labute approximate surface area is 125 Å². The van der Waals surface area contributed by atoms with E-state index < -0.39 is 11.7 Å². The molecule has 0 spiro atoms. The van der Waals surface area contributed by atoms with E-state index in [1.54, 1.807) is 0 Å². The molecule has 7 heteroatoms. The van der Waals surface area contributed by atoms with Crippen LogP contribution in [-0.2, 0) is 10.9 Å². The summed E-state index contributed by atoms with van der Waals surface area (Å²) in [5.41, 5.74) is -0.759. The van der Waals surface area contributed by atoms with E-state index in [9.17, 15) is 13.2 Å². The molecule has 1 rings (SSSR count). The van der Waals surface area contributed by atoms with E-state index in [1.807, 2.05) is 13.8 Å². The number of alkyl halides is 3. The van der Waals surface area contributed by atoms with Gasteiger partial charge >= 0.3 is 6.18 Å². The van der Waals surface area contributed by atoms with Crippen molar-refractivity contribution in [3.63, 3.8) is 0 Å². The molecule has 0 aliphatic rings. The van der Waals surface area contributed by atoms with Gasteiger partial charge in [-0.25, -0.2) is 4.98 Å². The molecule has 114 valence electrons. The maximum Gasteiger partial charge on any atom is 0.419 e. The fourth-order valence-electron chi connectivity index (χ4n) is 1.55. The lowest BCUT2D eigenvalue weighted by Gasteiger charge is -2.14. The van der Waals surface area contributed by atoms with Crippen LogP contribution in [0.1, 0.15) is 32.3 Å². The van der Waals surface area contributed by atoms with Crippen molar-refractivity contribution in [3.05, 3.63) is 22.3 Å². The Hall–Kier alpha value is -0.820. The first-order chi connectivity index (χ1) is 9.30. The largest absolute Gasteiger partial charge is 0.419 e. The molecule has 1 aromatic rings. The lowest BCUT2D eigenvalue weighted by Crippen LogP contribution is -2.14. The molecule has 0 fully saturated rings. The van der Waals surface area contributed by atoms with Gasteiger partial charge < -0.3 is 10.1 Å². The monoisotopic (exact) mass is 354 g/mol. The van der Waals surface area contributed by atoms with Gasteiger partial charge in [-0.3, -0.25) is 0 Å². The van der Waals surface area contributed by atoms with E-state index in [-0.39, 0.29) is 11.9 Å². The Morgan fingerprint density at radius 3 is 2.65 bits per heavy atom. The number of ether oxygens (including phenoxy) is 1. The van der Waals surface area contributed by atoms with E-state index in [2.05, 4.69) is 26.2 Å². The van der Waals surface area contributed by atoms with E-state index in [0.29, 0.717) is 17.6 Å². The highest BCUT2D eigenvalue weighted by Crippen LogP contribution is 2.35. The van der Waals surface area contributed by atoms with Crippen LogP contribution in [-0.4, -0.2) is 24.2 Å². The lowest BCUT2D eigenvalue weighted by molar-refractivity contribution is -0.137. The Balaban J connectivity index is 2.48. The van der Waals surface area contributed by atoms with Crippen molar-refractivity contribution in [2.75, 3.05) is 18.5 Å². The van der Waals surface area contributed by atoms with Crippen LogP contribution in [0.25, 0.3) is 0 Å². The summed E-state index contributed by atoms with van der Waals surface area (Å²) in [6, 6.07) is 1.03. The molecule has 1 heterocycles. The molecule has 0 atom stereocenters. The van der Waals surface area contributed by atoms with Gasteiger partial charge in [0, 0.05) is 23.8 Å². The molecule has 0 aromatic carbocycles. The van der Waals surface area contributed by atoms with Crippen LogP contribution in [0.15, 0.2) is 16.7 Å². The Morgan fingerprint density at radius 1 is 1.35 bits per heavy atom. The van der Waals surface area contributed by atoms with Gasteiger partial charge in [0.1, 0.15) is 5.82 Å². The minimum Gasteiger partial charge on any atom is -0.379 e. The van der Waals surface area contributed by atoms with Crippen molar-refractivity contribution in [2.24, 2.45) is 0 Å². The quantitative estimate of drug-likeness (QED) is 0.733. The number of hydrogen-bond donors (Lipinski definition) is 1. The summed E-state index contributed by atoms with van der Waals surface area (Å²) in [6.07, 6.45) is -1.38. The number of nitrogens with one attached hydrogen (secondary N) is 1. The van der Waals surface area contributed by atoms with Gasteiger partial charge in [0.25, 0.3) is 0 Å². The summed E-state index contributed by atoms with van der Waals surface area (Å²) in [6.45, 7) is 4.93. The predicted octanol–water partition coefficient (Wildman–Crippen LogP) is 4.48. The molecule has 3 nitrogen and oxygen atoms in total. The zero-order valence-corrected chi connectivity index (χ0v) is 13.0. The van der Waals surface area contributed by atoms with Crippen molar-refractivity contribution >= 4 is 21.7 Å². The van der Waals surface area contributed by atoms with Gasteiger partial charge in [-0.15, -0.1) is 0 Å². The lowest BCUT2D eigenvalue weighted by atomic mass is 10.2. The third kappa shape index (κ3) is 6.09. The van der Waals surface area contributed by atoms with E-state index >= 15 is 0 Å². The van der Waals surface area contributed by atoms with E-state index in [4.69, 9.17) is 4.74 Å². The Kier molecular flexibility index (Phi) is 6.75. The molecule has 0 radical (unpaired) electrons. The first-order valence-electron chi connectivity index (χ1n) is 6.39. The summed E-state index contributed by atoms with van der Waals surface area (Å²) in [5, 5.41) is 2.73. The van der Waals surface area contributed by atoms with Crippen molar-refractivity contribution in [3.8, 4) is 0 Å². The zero-order valence-electron chi connectivity index (χ0n) is 11.4. The number of hydrogen-bond acceptors (Lipinski definition) is 3. The molecule has 1 aromatic heterocycles. The van der Waals surface area contributed by atoms with Gasteiger partial charge in [-0.1, -0.05) is 0 Å². The van der Waals surface area contributed by atoms with Crippen molar-refractivity contribution in [1.29, 1.82) is 0 Å². The van der Waals surface area contributed by atoms with Crippen LogP contribution >= 0.6 is 15.9 Å². The molecule has 0 saturated carbocycles. The average Bonchev–Trinajstić information content (AvgIpc) is 2.33. The normalized spacial score (nSPS) is 11.9. The van der Waals surface area contributed by atoms with Gasteiger partial charge in [0.15, 0.2) is 0 Å². The van der Waals surface area contributed by atoms with Gasteiger partial charge in [0.2, 0.25) is 0 Å². The highest BCUT2D eigenvalue weighted by molar-refractivity contribution is 9.10. The maximum absolute atomic E-state index is 12.8. The van der Waals surface area contributed by atoms with E-state index in [0.717, 1.165) is 18.9 Å². The highest BCUT2D eigenvalue weighted by Gasteiger charge is 2.34. The fourth-order valence-corrected chi connectivity index (χ4v) is 1.88. The second kappa shape index (κ2) is 7.83. The molecular formula is C13H18BrF3N2O. The number of unbranched alkanes of at least 4 members (excludes halogenated alkanes) is 1.